The molecule has 1 aromatic carbocycles. The third-order valence-corrected chi connectivity index (χ3v) is 4.29. The maximum atomic E-state index is 12.4. The molecule has 108 valence electrons. The van der Waals surface area contributed by atoms with Crippen molar-refractivity contribution in [2.24, 2.45) is 0 Å². The van der Waals surface area contributed by atoms with Gasteiger partial charge in [0, 0.05) is 6.42 Å². The first-order chi connectivity index (χ1) is 10.2. The zero-order chi connectivity index (χ0) is 14.4. The van der Waals surface area contributed by atoms with Crippen molar-refractivity contribution in [3.63, 3.8) is 0 Å². The average Bonchev–Trinajstić information content (AvgIpc) is 3.06. The van der Waals surface area contributed by atoms with Crippen LogP contribution >= 0.6 is 0 Å². The van der Waals surface area contributed by atoms with Gasteiger partial charge in [0.15, 0.2) is 5.78 Å². The second-order valence-corrected chi connectivity index (χ2v) is 5.55. The van der Waals surface area contributed by atoms with Gasteiger partial charge >= 0.3 is 6.09 Å². The molecule has 2 fully saturated rings. The molecule has 3 heterocycles. The zero-order valence-corrected chi connectivity index (χ0v) is 11.3. The number of Topliss-reactive ketones (excluding diaryl/α,β-unsaturated/α-hetero) is 1. The van der Waals surface area contributed by atoms with Crippen molar-refractivity contribution >= 4 is 11.9 Å². The summed E-state index contributed by atoms with van der Waals surface area (Å²) in [6.45, 7) is 0.270. The van der Waals surface area contributed by atoms with Gasteiger partial charge in [-0.25, -0.2) is 4.79 Å². The molecule has 21 heavy (non-hydrogen) atoms. The first kappa shape index (κ1) is 12.6. The standard InChI is InChI=1S/C16H15NO4/c18-13-8-11-6-7-14(21-11)15(13)17-12(9-20-16(17)19)10-4-2-1-3-5-10/h1-7,11-12,14-15H,8-9H2/t11-,12+,14+,15+/m0/s1. The molecule has 2 saturated heterocycles. The first-order valence-electron chi connectivity index (χ1n) is 7.10. The molecule has 0 aliphatic carbocycles. The Hall–Kier alpha value is -2.14. The molecule has 3 aliphatic heterocycles. The molecule has 0 unspecified atom stereocenters. The van der Waals surface area contributed by atoms with Gasteiger partial charge in [-0.05, 0) is 5.56 Å². The smallest absolute Gasteiger partial charge is 0.411 e. The van der Waals surface area contributed by atoms with Gasteiger partial charge in [0.1, 0.15) is 18.8 Å². The predicted octanol–water partition coefficient (Wildman–Crippen LogP) is 1.84. The third-order valence-electron chi connectivity index (χ3n) is 4.29. The highest BCUT2D eigenvalue weighted by atomic mass is 16.6. The van der Waals surface area contributed by atoms with Crippen LogP contribution in [-0.4, -0.2) is 41.6 Å². The summed E-state index contributed by atoms with van der Waals surface area (Å²) in [5.41, 5.74) is 0.972. The number of carbonyl (C=O) groups is 2. The fourth-order valence-corrected chi connectivity index (χ4v) is 3.31. The van der Waals surface area contributed by atoms with E-state index in [9.17, 15) is 9.59 Å². The van der Waals surface area contributed by atoms with E-state index in [2.05, 4.69) is 0 Å². The number of ketones is 1. The lowest BCUT2D eigenvalue weighted by atomic mass is 9.97. The number of fused-ring (bicyclic) bond motifs is 2. The number of hydrogen-bond acceptors (Lipinski definition) is 4. The van der Waals surface area contributed by atoms with Crippen molar-refractivity contribution < 1.29 is 19.1 Å². The quantitative estimate of drug-likeness (QED) is 0.778. The van der Waals surface area contributed by atoms with Gasteiger partial charge in [0.05, 0.1) is 12.1 Å². The monoisotopic (exact) mass is 285 g/mol. The van der Waals surface area contributed by atoms with E-state index >= 15 is 0 Å². The number of rotatable bonds is 2. The van der Waals surface area contributed by atoms with Crippen LogP contribution in [0.2, 0.25) is 0 Å². The van der Waals surface area contributed by atoms with Gasteiger partial charge in [-0.15, -0.1) is 0 Å². The summed E-state index contributed by atoms with van der Waals surface area (Å²) in [6, 6.07) is 8.83. The second-order valence-electron chi connectivity index (χ2n) is 5.55. The fraction of sp³-hybridized carbons (Fsp3) is 0.375. The fourth-order valence-electron chi connectivity index (χ4n) is 3.31. The number of cyclic esters (lactones) is 1. The van der Waals surface area contributed by atoms with Crippen LogP contribution in [0, 0.1) is 0 Å². The van der Waals surface area contributed by atoms with Crippen LogP contribution in [0.1, 0.15) is 18.0 Å². The minimum atomic E-state index is -0.583. The Labute approximate surface area is 122 Å². The molecular formula is C16H15NO4. The molecule has 0 radical (unpaired) electrons. The van der Waals surface area contributed by atoms with Gasteiger partial charge in [-0.3, -0.25) is 9.69 Å². The van der Waals surface area contributed by atoms with E-state index in [-0.39, 0.29) is 30.6 Å². The van der Waals surface area contributed by atoms with E-state index in [1.165, 1.54) is 0 Å². The summed E-state index contributed by atoms with van der Waals surface area (Å²) in [5, 5.41) is 0. The van der Waals surface area contributed by atoms with E-state index in [4.69, 9.17) is 9.47 Å². The Balaban J connectivity index is 1.69. The summed E-state index contributed by atoms with van der Waals surface area (Å²) in [5.74, 6) is 0.0426. The van der Waals surface area contributed by atoms with Crippen LogP contribution in [0.4, 0.5) is 4.79 Å². The number of ether oxygens (including phenoxy) is 2. The average molecular weight is 285 g/mol. The van der Waals surface area contributed by atoms with E-state index < -0.39 is 12.1 Å². The van der Waals surface area contributed by atoms with Crippen molar-refractivity contribution in [1.29, 1.82) is 0 Å². The lowest BCUT2D eigenvalue weighted by Crippen LogP contribution is -2.53. The summed E-state index contributed by atoms with van der Waals surface area (Å²) in [6.07, 6.45) is 3.18. The van der Waals surface area contributed by atoms with E-state index in [0.717, 1.165) is 5.56 Å². The number of carbonyl (C=O) groups excluding carboxylic acids is 2. The van der Waals surface area contributed by atoms with E-state index in [0.29, 0.717) is 6.42 Å². The van der Waals surface area contributed by atoms with Gasteiger partial charge in [0.2, 0.25) is 0 Å². The molecule has 4 rings (SSSR count). The summed E-state index contributed by atoms with van der Waals surface area (Å²) in [7, 11) is 0. The Morgan fingerprint density at radius 1 is 1.10 bits per heavy atom. The largest absolute Gasteiger partial charge is 0.447 e. The molecule has 1 aromatic rings. The minimum absolute atomic E-state index is 0.0426. The molecule has 1 amide bonds. The molecule has 0 N–H and O–H groups in total. The van der Waals surface area contributed by atoms with Crippen LogP contribution in [0.25, 0.3) is 0 Å². The maximum Gasteiger partial charge on any atom is 0.411 e. The van der Waals surface area contributed by atoms with E-state index in [1.54, 1.807) is 4.90 Å². The first-order valence-corrected chi connectivity index (χ1v) is 7.10. The van der Waals surface area contributed by atoms with Crippen molar-refractivity contribution in [2.45, 2.75) is 30.7 Å². The van der Waals surface area contributed by atoms with Gasteiger partial charge in [0.25, 0.3) is 0 Å². The molecule has 2 bridgehead atoms. The number of hydrogen-bond donors (Lipinski definition) is 0. The summed E-state index contributed by atoms with van der Waals surface area (Å²) < 4.78 is 10.9. The number of amides is 1. The predicted molar refractivity (Wildman–Crippen MR) is 73.6 cm³/mol. The van der Waals surface area contributed by atoms with Crippen molar-refractivity contribution in [2.75, 3.05) is 6.61 Å². The van der Waals surface area contributed by atoms with Crippen molar-refractivity contribution in [1.82, 2.24) is 4.90 Å². The molecule has 0 saturated carbocycles. The van der Waals surface area contributed by atoms with Crippen molar-refractivity contribution in [3.8, 4) is 0 Å². The summed E-state index contributed by atoms with van der Waals surface area (Å²) >= 11 is 0. The molecule has 0 aromatic heterocycles. The van der Waals surface area contributed by atoms with Crippen LogP contribution < -0.4 is 0 Å². The van der Waals surface area contributed by atoms with Crippen LogP contribution in [0.5, 0.6) is 0 Å². The lowest BCUT2D eigenvalue weighted by Gasteiger charge is -2.36. The minimum Gasteiger partial charge on any atom is -0.447 e. The SMILES string of the molecule is O=C1C[C@@H]2C=C[C@@H](O2)[C@@H]1N1C(=O)OC[C@@H]1c1ccccc1. The topological polar surface area (TPSA) is 55.8 Å². The molecule has 5 nitrogen and oxygen atoms in total. The van der Waals surface area contributed by atoms with Gasteiger partial charge < -0.3 is 9.47 Å². The van der Waals surface area contributed by atoms with Gasteiger partial charge in [-0.2, -0.15) is 0 Å². The van der Waals surface area contributed by atoms with Crippen LogP contribution in [0.15, 0.2) is 42.5 Å². The summed E-state index contributed by atoms with van der Waals surface area (Å²) in [4.78, 5) is 26.1. The zero-order valence-electron chi connectivity index (χ0n) is 11.3. The highest BCUT2D eigenvalue weighted by Crippen LogP contribution is 2.36. The normalized spacial score (nSPS) is 34.4. The van der Waals surface area contributed by atoms with Crippen LogP contribution in [0.3, 0.4) is 0 Å². The Morgan fingerprint density at radius 2 is 1.90 bits per heavy atom. The Bertz CT molecular complexity index is 612. The number of benzene rings is 1. The molecular weight excluding hydrogens is 270 g/mol. The molecule has 4 atom stereocenters. The molecule has 0 spiro atoms. The van der Waals surface area contributed by atoms with Crippen molar-refractivity contribution in [3.05, 3.63) is 48.0 Å². The number of nitrogens with zero attached hydrogens (tertiary/aromatic N) is 1. The second kappa shape index (κ2) is 4.70. The highest BCUT2D eigenvalue weighted by molar-refractivity contribution is 5.90. The highest BCUT2D eigenvalue weighted by Gasteiger charge is 2.49. The lowest BCUT2D eigenvalue weighted by molar-refractivity contribution is -0.137. The third kappa shape index (κ3) is 1.96. The molecule has 3 aliphatic rings. The molecule has 5 heteroatoms. The van der Waals surface area contributed by atoms with E-state index in [1.807, 2.05) is 42.5 Å². The Kier molecular flexibility index (Phi) is 2.82. The van der Waals surface area contributed by atoms with Crippen LogP contribution in [-0.2, 0) is 14.3 Å². The van der Waals surface area contributed by atoms with Gasteiger partial charge in [-0.1, -0.05) is 42.5 Å². The Morgan fingerprint density at radius 3 is 2.71 bits per heavy atom. The maximum absolute atomic E-state index is 12.4.